The van der Waals surface area contributed by atoms with Crippen LogP contribution in [0.1, 0.15) is 31.2 Å². The van der Waals surface area contributed by atoms with Gasteiger partial charge < -0.3 is 15.8 Å². The number of benzene rings is 1. The van der Waals surface area contributed by atoms with E-state index in [1.54, 1.807) is 11.3 Å². The van der Waals surface area contributed by atoms with Gasteiger partial charge in [0.1, 0.15) is 5.75 Å². The SMILES string of the molecule is CCCOc1cc(NC(C)c2ccc(Cl)s2)ccc1N. The van der Waals surface area contributed by atoms with Crippen LogP contribution in [0, 0.1) is 0 Å². The number of halogens is 1. The van der Waals surface area contributed by atoms with Crippen LogP contribution >= 0.6 is 22.9 Å². The van der Waals surface area contributed by atoms with E-state index in [-0.39, 0.29) is 6.04 Å². The minimum Gasteiger partial charge on any atom is -0.491 e. The lowest BCUT2D eigenvalue weighted by molar-refractivity contribution is 0.319. The number of hydrogen-bond donors (Lipinski definition) is 2. The zero-order valence-corrected chi connectivity index (χ0v) is 13.2. The third kappa shape index (κ3) is 3.81. The Labute approximate surface area is 128 Å². The summed E-state index contributed by atoms with van der Waals surface area (Å²) in [6.45, 7) is 4.84. The Morgan fingerprint density at radius 2 is 2.15 bits per heavy atom. The summed E-state index contributed by atoms with van der Waals surface area (Å²) in [7, 11) is 0. The molecule has 0 saturated heterocycles. The molecule has 0 aliphatic heterocycles. The van der Waals surface area contributed by atoms with Gasteiger partial charge >= 0.3 is 0 Å². The second-order valence-electron chi connectivity index (χ2n) is 4.61. The Hall–Kier alpha value is -1.39. The van der Waals surface area contributed by atoms with E-state index in [9.17, 15) is 0 Å². The Morgan fingerprint density at radius 1 is 1.35 bits per heavy atom. The molecular formula is C15H19ClN2OS. The second-order valence-corrected chi connectivity index (χ2v) is 6.36. The van der Waals surface area contributed by atoms with Crippen LogP contribution in [0.4, 0.5) is 11.4 Å². The first-order valence-corrected chi connectivity index (χ1v) is 7.83. The highest BCUT2D eigenvalue weighted by molar-refractivity contribution is 7.16. The van der Waals surface area contributed by atoms with Crippen molar-refractivity contribution in [3.63, 3.8) is 0 Å². The molecule has 0 amide bonds. The Balaban J connectivity index is 2.09. The number of anilines is 2. The summed E-state index contributed by atoms with van der Waals surface area (Å²) < 4.78 is 6.44. The Kier molecular flexibility index (Phi) is 5.15. The van der Waals surface area contributed by atoms with Gasteiger partial charge in [-0.25, -0.2) is 0 Å². The fourth-order valence-electron chi connectivity index (χ4n) is 1.84. The lowest BCUT2D eigenvalue weighted by Gasteiger charge is -2.16. The van der Waals surface area contributed by atoms with E-state index >= 15 is 0 Å². The zero-order chi connectivity index (χ0) is 14.5. The lowest BCUT2D eigenvalue weighted by atomic mass is 10.2. The third-order valence-electron chi connectivity index (χ3n) is 2.88. The average molecular weight is 311 g/mol. The molecule has 0 radical (unpaired) electrons. The van der Waals surface area contributed by atoms with Gasteiger partial charge in [-0.3, -0.25) is 0 Å². The average Bonchev–Trinajstić information content (AvgIpc) is 2.86. The summed E-state index contributed by atoms with van der Waals surface area (Å²) in [5.41, 5.74) is 7.56. The molecule has 1 aromatic carbocycles. The third-order valence-corrected chi connectivity index (χ3v) is 4.29. The van der Waals surface area contributed by atoms with Gasteiger partial charge in [-0.2, -0.15) is 0 Å². The smallest absolute Gasteiger partial charge is 0.144 e. The quantitative estimate of drug-likeness (QED) is 0.742. The summed E-state index contributed by atoms with van der Waals surface area (Å²) in [5.74, 6) is 0.730. The van der Waals surface area contributed by atoms with Crippen LogP contribution in [0.15, 0.2) is 30.3 Å². The predicted octanol–water partition coefficient (Wildman–Crippen LogP) is 4.95. The molecule has 0 spiro atoms. The number of nitrogen functional groups attached to an aromatic ring is 1. The van der Waals surface area contributed by atoms with Crippen molar-refractivity contribution in [2.75, 3.05) is 17.7 Å². The van der Waals surface area contributed by atoms with E-state index in [2.05, 4.69) is 19.2 Å². The van der Waals surface area contributed by atoms with Gasteiger partial charge in [-0.05, 0) is 37.6 Å². The monoisotopic (exact) mass is 310 g/mol. The normalized spacial score (nSPS) is 12.2. The summed E-state index contributed by atoms with van der Waals surface area (Å²) in [6, 6.07) is 9.91. The molecule has 20 heavy (non-hydrogen) atoms. The van der Waals surface area contributed by atoms with Crippen LogP contribution in [0.3, 0.4) is 0 Å². The van der Waals surface area contributed by atoms with E-state index in [0.29, 0.717) is 12.3 Å². The van der Waals surface area contributed by atoms with Crippen LogP contribution in [0.2, 0.25) is 4.34 Å². The van der Waals surface area contributed by atoms with Crippen LogP contribution < -0.4 is 15.8 Å². The van der Waals surface area contributed by atoms with E-state index in [4.69, 9.17) is 22.1 Å². The van der Waals surface area contributed by atoms with Crippen LogP contribution in [0.5, 0.6) is 5.75 Å². The number of nitrogens with one attached hydrogen (secondary N) is 1. The molecule has 0 saturated carbocycles. The molecule has 1 unspecified atom stereocenters. The molecule has 0 aliphatic rings. The van der Waals surface area contributed by atoms with E-state index in [0.717, 1.165) is 22.2 Å². The van der Waals surface area contributed by atoms with Crippen LogP contribution in [-0.4, -0.2) is 6.61 Å². The first-order chi connectivity index (χ1) is 9.60. The van der Waals surface area contributed by atoms with Gasteiger partial charge in [-0.15, -0.1) is 11.3 Å². The predicted molar refractivity (Wildman–Crippen MR) is 88.0 cm³/mol. The van der Waals surface area contributed by atoms with E-state index in [1.807, 2.05) is 30.3 Å². The highest BCUT2D eigenvalue weighted by atomic mass is 35.5. The minimum absolute atomic E-state index is 0.190. The summed E-state index contributed by atoms with van der Waals surface area (Å²) in [5, 5.41) is 3.43. The number of thiophene rings is 1. The topological polar surface area (TPSA) is 47.3 Å². The molecule has 5 heteroatoms. The molecule has 1 aromatic heterocycles. The summed E-state index contributed by atoms with van der Waals surface area (Å²) in [4.78, 5) is 1.20. The molecule has 2 aromatic rings. The van der Waals surface area contributed by atoms with Crippen molar-refractivity contribution < 1.29 is 4.74 Å². The lowest BCUT2D eigenvalue weighted by Crippen LogP contribution is -2.06. The van der Waals surface area contributed by atoms with Crippen molar-refractivity contribution >= 4 is 34.3 Å². The molecule has 2 rings (SSSR count). The van der Waals surface area contributed by atoms with E-state index in [1.165, 1.54) is 4.88 Å². The molecule has 1 atom stereocenters. The van der Waals surface area contributed by atoms with Gasteiger partial charge in [0.25, 0.3) is 0 Å². The largest absolute Gasteiger partial charge is 0.491 e. The van der Waals surface area contributed by atoms with Crippen molar-refractivity contribution in [1.29, 1.82) is 0 Å². The maximum atomic E-state index is 5.96. The molecule has 3 N–H and O–H groups in total. The first kappa shape index (κ1) is 15.0. The number of hydrogen-bond acceptors (Lipinski definition) is 4. The number of nitrogens with two attached hydrogens (primary N) is 1. The fraction of sp³-hybridized carbons (Fsp3) is 0.333. The van der Waals surface area contributed by atoms with Crippen molar-refractivity contribution in [3.8, 4) is 5.75 Å². The minimum atomic E-state index is 0.190. The molecule has 3 nitrogen and oxygen atoms in total. The summed E-state index contributed by atoms with van der Waals surface area (Å²) >= 11 is 7.55. The maximum Gasteiger partial charge on any atom is 0.144 e. The summed E-state index contributed by atoms with van der Waals surface area (Å²) in [6.07, 6.45) is 0.960. The van der Waals surface area contributed by atoms with Gasteiger partial charge in [0.2, 0.25) is 0 Å². The number of ether oxygens (including phenoxy) is 1. The van der Waals surface area contributed by atoms with Gasteiger partial charge in [0, 0.05) is 16.6 Å². The molecule has 0 fully saturated rings. The molecule has 0 aliphatic carbocycles. The molecule has 0 bridgehead atoms. The second kappa shape index (κ2) is 6.86. The Bertz CT molecular complexity index is 571. The highest BCUT2D eigenvalue weighted by Gasteiger charge is 2.09. The van der Waals surface area contributed by atoms with Crippen molar-refractivity contribution in [2.45, 2.75) is 26.3 Å². The van der Waals surface area contributed by atoms with Crippen molar-refractivity contribution in [2.24, 2.45) is 0 Å². The van der Waals surface area contributed by atoms with Crippen LogP contribution in [0.25, 0.3) is 0 Å². The van der Waals surface area contributed by atoms with Crippen molar-refractivity contribution in [1.82, 2.24) is 0 Å². The fourth-order valence-corrected chi connectivity index (χ4v) is 2.91. The number of rotatable bonds is 6. The zero-order valence-electron chi connectivity index (χ0n) is 11.7. The van der Waals surface area contributed by atoms with Crippen molar-refractivity contribution in [3.05, 3.63) is 39.5 Å². The molecule has 1 heterocycles. The molecule has 108 valence electrons. The van der Waals surface area contributed by atoms with Crippen LogP contribution in [-0.2, 0) is 0 Å². The van der Waals surface area contributed by atoms with E-state index < -0.39 is 0 Å². The van der Waals surface area contributed by atoms with Gasteiger partial charge in [-0.1, -0.05) is 18.5 Å². The van der Waals surface area contributed by atoms with Gasteiger partial charge in [0.05, 0.1) is 22.7 Å². The standard InChI is InChI=1S/C15H19ClN2OS/c1-3-8-19-13-9-11(4-5-12(13)17)18-10(2)14-6-7-15(16)20-14/h4-7,9-10,18H,3,8,17H2,1-2H3. The van der Waals surface area contributed by atoms with Gasteiger partial charge in [0.15, 0.2) is 0 Å². The maximum absolute atomic E-state index is 5.96. The highest BCUT2D eigenvalue weighted by Crippen LogP contribution is 2.31. The Morgan fingerprint density at radius 3 is 2.80 bits per heavy atom. The first-order valence-electron chi connectivity index (χ1n) is 6.64. The molecular weight excluding hydrogens is 292 g/mol.